The molecule has 4 nitrogen and oxygen atoms in total. The predicted molar refractivity (Wildman–Crippen MR) is 59.1 cm³/mol. The minimum Gasteiger partial charge on any atom is -0.328 e. The highest BCUT2D eigenvalue weighted by Crippen LogP contribution is 2.19. The van der Waals surface area contributed by atoms with Gasteiger partial charge in [0, 0.05) is 25.0 Å². The minimum absolute atomic E-state index is 0.298. The molecule has 2 rings (SSSR count). The third kappa shape index (κ3) is 2.73. The maximum atomic E-state index is 5.90. The van der Waals surface area contributed by atoms with Crippen molar-refractivity contribution < 1.29 is 0 Å². The van der Waals surface area contributed by atoms with Gasteiger partial charge in [-0.1, -0.05) is 0 Å². The number of rotatable bonds is 3. The summed E-state index contributed by atoms with van der Waals surface area (Å²) in [7, 11) is 0. The van der Waals surface area contributed by atoms with E-state index < -0.39 is 0 Å². The lowest BCUT2D eigenvalue weighted by Crippen LogP contribution is -2.29. The zero-order chi connectivity index (χ0) is 10.7. The second-order valence-electron chi connectivity index (χ2n) is 4.31. The third-order valence-corrected chi connectivity index (χ3v) is 3.04. The first-order valence-corrected chi connectivity index (χ1v) is 5.49. The van der Waals surface area contributed by atoms with E-state index in [0.29, 0.717) is 12.0 Å². The van der Waals surface area contributed by atoms with Gasteiger partial charge in [-0.25, -0.2) is 9.97 Å². The van der Waals surface area contributed by atoms with Gasteiger partial charge in [0.15, 0.2) is 0 Å². The van der Waals surface area contributed by atoms with E-state index in [-0.39, 0.29) is 0 Å². The number of likely N-dealkylation sites (tertiary alicyclic amines) is 1. The van der Waals surface area contributed by atoms with Gasteiger partial charge in [0.1, 0.15) is 5.82 Å². The normalized spacial score (nSPS) is 24.3. The maximum absolute atomic E-state index is 5.90. The van der Waals surface area contributed by atoms with Crippen molar-refractivity contribution in [3.05, 3.63) is 24.3 Å². The Balaban J connectivity index is 1.88. The molecule has 1 aliphatic heterocycles. The van der Waals surface area contributed by atoms with Crippen molar-refractivity contribution in [1.82, 2.24) is 14.9 Å². The first-order valence-electron chi connectivity index (χ1n) is 5.49. The molecule has 82 valence electrons. The van der Waals surface area contributed by atoms with E-state index in [4.69, 9.17) is 5.73 Å². The number of hydrogen-bond acceptors (Lipinski definition) is 4. The van der Waals surface area contributed by atoms with Gasteiger partial charge < -0.3 is 5.73 Å². The molecule has 2 atom stereocenters. The van der Waals surface area contributed by atoms with Gasteiger partial charge in [0.2, 0.25) is 0 Å². The monoisotopic (exact) mass is 206 g/mol. The summed E-state index contributed by atoms with van der Waals surface area (Å²) in [5, 5.41) is 0. The zero-order valence-corrected chi connectivity index (χ0v) is 9.13. The second-order valence-corrected chi connectivity index (χ2v) is 4.31. The smallest absolute Gasteiger partial charge is 0.142 e. The number of nitrogens with two attached hydrogens (primary N) is 1. The Morgan fingerprint density at radius 1 is 1.53 bits per heavy atom. The molecule has 2 unspecified atom stereocenters. The Morgan fingerprint density at radius 2 is 2.27 bits per heavy atom. The standard InChI is InChI=1S/C11H18N4/c1-9(12)10-3-6-15(7-10)8-11-13-4-2-5-14-11/h2,4-5,9-10H,3,6-8,12H2,1H3. The summed E-state index contributed by atoms with van der Waals surface area (Å²) in [6.07, 6.45) is 4.79. The van der Waals surface area contributed by atoms with E-state index in [0.717, 1.165) is 25.5 Å². The van der Waals surface area contributed by atoms with Gasteiger partial charge in [0.25, 0.3) is 0 Å². The van der Waals surface area contributed by atoms with Crippen LogP contribution in [0.2, 0.25) is 0 Å². The van der Waals surface area contributed by atoms with E-state index in [1.807, 2.05) is 6.07 Å². The topological polar surface area (TPSA) is 55.0 Å². The van der Waals surface area contributed by atoms with Crippen LogP contribution < -0.4 is 5.73 Å². The summed E-state index contributed by atoms with van der Waals surface area (Å²) in [4.78, 5) is 10.8. The molecule has 0 aliphatic carbocycles. The molecule has 0 radical (unpaired) electrons. The van der Waals surface area contributed by atoms with E-state index in [9.17, 15) is 0 Å². The molecule has 0 aromatic carbocycles. The van der Waals surface area contributed by atoms with Crippen LogP contribution in [-0.2, 0) is 6.54 Å². The average Bonchev–Trinajstić information content (AvgIpc) is 2.68. The molecule has 1 aliphatic rings. The van der Waals surface area contributed by atoms with Crippen LogP contribution >= 0.6 is 0 Å². The van der Waals surface area contributed by atoms with E-state index >= 15 is 0 Å². The summed E-state index contributed by atoms with van der Waals surface area (Å²) in [5.41, 5.74) is 5.90. The molecule has 0 saturated carbocycles. The van der Waals surface area contributed by atoms with Gasteiger partial charge in [-0.3, -0.25) is 4.90 Å². The summed E-state index contributed by atoms with van der Waals surface area (Å²) < 4.78 is 0. The highest BCUT2D eigenvalue weighted by atomic mass is 15.2. The molecule has 0 spiro atoms. The Hall–Kier alpha value is -1.00. The molecule has 4 heteroatoms. The molecule has 2 heterocycles. The third-order valence-electron chi connectivity index (χ3n) is 3.04. The molecular weight excluding hydrogens is 188 g/mol. The van der Waals surface area contributed by atoms with Crippen molar-refractivity contribution >= 4 is 0 Å². The SMILES string of the molecule is CC(N)C1CCN(Cc2ncccn2)C1. The Kier molecular flexibility index (Phi) is 3.28. The van der Waals surface area contributed by atoms with E-state index in [1.165, 1.54) is 6.42 Å². The van der Waals surface area contributed by atoms with E-state index in [2.05, 4.69) is 21.8 Å². The van der Waals surface area contributed by atoms with Crippen molar-refractivity contribution in [2.24, 2.45) is 11.7 Å². The lowest BCUT2D eigenvalue weighted by Gasteiger charge is -2.16. The molecule has 1 saturated heterocycles. The van der Waals surface area contributed by atoms with Gasteiger partial charge in [-0.05, 0) is 31.9 Å². The molecule has 15 heavy (non-hydrogen) atoms. The average molecular weight is 206 g/mol. The molecular formula is C11H18N4. The largest absolute Gasteiger partial charge is 0.328 e. The van der Waals surface area contributed by atoms with Crippen molar-refractivity contribution in [2.75, 3.05) is 13.1 Å². The maximum Gasteiger partial charge on any atom is 0.142 e. The Morgan fingerprint density at radius 3 is 2.87 bits per heavy atom. The fourth-order valence-corrected chi connectivity index (χ4v) is 2.05. The van der Waals surface area contributed by atoms with Crippen LogP contribution in [0.25, 0.3) is 0 Å². The summed E-state index contributed by atoms with van der Waals surface area (Å²) in [6, 6.07) is 2.14. The number of nitrogens with zero attached hydrogens (tertiary/aromatic N) is 3. The van der Waals surface area contributed by atoms with Gasteiger partial charge >= 0.3 is 0 Å². The lowest BCUT2D eigenvalue weighted by atomic mass is 10.0. The first-order chi connectivity index (χ1) is 7.25. The molecule has 2 N–H and O–H groups in total. The van der Waals surface area contributed by atoms with Crippen molar-refractivity contribution in [2.45, 2.75) is 25.9 Å². The van der Waals surface area contributed by atoms with Crippen LogP contribution in [0, 0.1) is 5.92 Å². The summed E-state index contributed by atoms with van der Waals surface area (Å²) in [6.45, 7) is 5.14. The summed E-state index contributed by atoms with van der Waals surface area (Å²) >= 11 is 0. The summed E-state index contributed by atoms with van der Waals surface area (Å²) in [5.74, 6) is 1.54. The quantitative estimate of drug-likeness (QED) is 0.788. The molecule has 0 bridgehead atoms. The fourth-order valence-electron chi connectivity index (χ4n) is 2.05. The van der Waals surface area contributed by atoms with Crippen LogP contribution in [0.3, 0.4) is 0 Å². The molecule has 0 amide bonds. The number of aromatic nitrogens is 2. The second kappa shape index (κ2) is 4.68. The van der Waals surface area contributed by atoms with Crippen molar-refractivity contribution in [1.29, 1.82) is 0 Å². The highest BCUT2D eigenvalue weighted by molar-refractivity contribution is 4.90. The van der Waals surface area contributed by atoms with Crippen LogP contribution in [0.5, 0.6) is 0 Å². The number of hydrogen-bond donors (Lipinski definition) is 1. The molecule has 1 fully saturated rings. The molecule has 1 aromatic rings. The van der Waals surface area contributed by atoms with Crippen molar-refractivity contribution in [3.63, 3.8) is 0 Å². The molecule has 1 aromatic heterocycles. The lowest BCUT2D eigenvalue weighted by molar-refractivity contribution is 0.301. The van der Waals surface area contributed by atoms with Crippen molar-refractivity contribution in [3.8, 4) is 0 Å². The van der Waals surface area contributed by atoms with Gasteiger partial charge in [-0.15, -0.1) is 0 Å². The van der Waals surface area contributed by atoms with Crippen LogP contribution in [-0.4, -0.2) is 34.0 Å². The first kappa shape index (κ1) is 10.5. The van der Waals surface area contributed by atoms with Crippen LogP contribution in [0.1, 0.15) is 19.2 Å². The van der Waals surface area contributed by atoms with Gasteiger partial charge in [0.05, 0.1) is 6.54 Å². The predicted octanol–water partition coefficient (Wildman–Crippen LogP) is 0.646. The highest BCUT2D eigenvalue weighted by Gasteiger charge is 2.25. The zero-order valence-electron chi connectivity index (χ0n) is 9.13. The van der Waals surface area contributed by atoms with Crippen LogP contribution in [0.4, 0.5) is 0 Å². The van der Waals surface area contributed by atoms with Crippen LogP contribution in [0.15, 0.2) is 18.5 Å². The fraction of sp³-hybridized carbons (Fsp3) is 0.636. The van der Waals surface area contributed by atoms with Gasteiger partial charge in [-0.2, -0.15) is 0 Å². The van der Waals surface area contributed by atoms with E-state index in [1.54, 1.807) is 12.4 Å². The Labute approximate surface area is 90.5 Å². The Bertz CT molecular complexity index is 299. The minimum atomic E-state index is 0.298.